The number of rotatable bonds is 2. The summed E-state index contributed by atoms with van der Waals surface area (Å²) >= 11 is 0. The van der Waals surface area contributed by atoms with Crippen LogP contribution in [0.1, 0.15) is 35.3 Å². The van der Waals surface area contributed by atoms with E-state index >= 15 is 0 Å². The highest BCUT2D eigenvalue weighted by molar-refractivity contribution is 5.98. The Hall–Kier alpha value is -3.15. The molecule has 5 rings (SSSR count). The van der Waals surface area contributed by atoms with Crippen molar-refractivity contribution in [3.8, 4) is 0 Å². The van der Waals surface area contributed by atoms with E-state index in [0.29, 0.717) is 16.5 Å². The molecular weight excluding hydrogens is 342 g/mol. The number of hydrogen-bond acceptors (Lipinski definition) is 4. The number of carbonyl (C=O) groups is 1. The number of benzene rings is 1. The molecule has 1 aromatic carbocycles. The second-order valence-electron chi connectivity index (χ2n) is 7.24. The van der Waals surface area contributed by atoms with Gasteiger partial charge in [-0.25, -0.2) is 0 Å². The molecule has 2 unspecified atom stereocenters. The van der Waals surface area contributed by atoms with E-state index in [1.807, 2.05) is 22.7 Å². The molecule has 0 saturated carbocycles. The number of aryl methyl sites for hydroxylation is 1. The minimum absolute atomic E-state index is 0.00351. The second-order valence-corrected chi connectivity index (χ2v) is 7.24. The molecule has 6 heteroatoms. The predicted octanol–water partition coefficient (Wildman–Crippen LogP) is 2.99. The van der Waals surface area contributed by atoms with Crippen molar-refractivity contribution in [1.82, 2.24) is 14.7 Å². The lowest BCUT2D eigenvalue weighted by Gasteiger charge is -2.34. The summed E-state index contributed by atoms with van der Waals surface area (Å²) in [7, 11) is 1.94. The van der Waals surface area contributed by atoms with E-state index in [4.69, 9.17) is 4.42 Å². The minimum Gasteiger partial charge on any atom is -0.464 e. The number of nitrogens with zero attached hydrogens (tertiary/aromatic N) is 3. The largest absolute Gasteiger partial charge is 0.464 e. The minimum atomic E-state index is -0.1000. The van der Waals surface area contributed by atoms with Gasteiger partial charge < -0.3 is 9.32 Å². The topological polar surface area (TPSA) is 68.3 Å². The van der Waals surface area contributed by atoms with Crippen molar-refractivity contribution in [3.63, 3.8) is 0 Å². The summed E-state index contributed by atoms with van der Waals surface area (Å²) in [4.78, 5) is 27.1. The van der Waals surface area contributed by atoms with Crippen LogP contribution in [0.15, 0.2) is 58.1 Å². The van der Waals surface area contributed by atoms with E-state index in [1.165, 1.54) is 17.9 Å². The van der Waals surface area contributed by atoms with Gasteiger partial charge in [0.2, 0.25) is 0 Å². The Bertz CT molecular complexity index is 1140. The molecule has 0 spiro atoms. The van der Waals surface area contributed by atoms with Crippen LogP contribution in [-0.4, -0.2) is 32.7 Å². The van der Waals surface area contributed by atoms with Crippen LogP contribution in [0.25, 0.3) is 16.5 Å². The van der Waals surface area contributed by atoms with Gasteiger partial charge in [0.1, 0.15) is 5.58 Å². The molecule has 2 bridgehead atoms. The zero-order valence-corrected chi connectivity index (χ0v) is 15.0. The van der Waals surface area contributed by atoms with Gasteiger partial charge in [-0.05, 0) is 49.1 Å². The lowest BCUT2D eigenvalue weighted by molar-refractivity contribution is 0.0692. The first-order valence-corrected chi connectivity index (χ1v) is 9.15. The third-order valence-corrected chi connectivity index (χ3v) is 5.69. The summed E-state index contributed by atoms with van der Waals surface area (Å²) in [5.74, 6) is -0.00351. The van der Waals surface area contributed by atoms with Gasteiger partial charge in [-0.15, -0.1) is 0 Å². The van der Waals surface area contributed by atoms with Gasteiger partial charge in [0.05, 0.1) is 23.4 Å². The maximum atomic E-state index is 13.2. The monoisotopic (exact) mass is 361 g/mol. The van der Waals surface area contributed by atoms with E-state index in [-0.39, 0.29) is 23.4 Å². The molecule has 2 aliphatic rings. The third kappa shape index (κ3) is 2.51. The molecule has 27 heavy (non-hydrogen) atoms. The molecule has 1 amide bonds. The molecule has 0 N–H and O–H groups in total. The van der Waals surface area contributed by atoms with Crippen molar-refractivity contribution in [1.29, 1.82) is 0 Å². The zero-order valence-electron chi connectivity index (χ0n) is 15.0. The molecule has 4 heterocycles. The number of hydrogen-bond donors (Lipinski definition) is 0. The summed E-state index contributed by atoms with van der Waals surface area (Å²) in [5.41, 5.74) is 3.29. The van der Waals surface area contributed by atoms with Gasteiger partial charge in [0.25, 0.3) is 5.91 Å². The summed E-state index contributed by atoms with van der Waals surface area (Å²) in [6.07, 6.45) is 8.19. The van der Waals surface area contributed by atoms with Gasteiger partial charge >= 0.3 is 0 Å². The van der Waals surface area contributed by atoms with Crippen molar-refractivity contribution < 1.29 is 9.21 Å². The van der Waals surface area contributed by atoms with E-state index in [1.54, 1.807) is 24.4 Å². The van der Waals surface area contributed by atoms with Gasteiger partial charge in [0.15, 0.2) is 5.43 Å². The molecule has 136 valence electrons. The fourth-order valence-electron chi connectivity index (χ4n) is 4.39. The first-order valence-electron chi connectivity index (χ1n) is 9.15. The summed E-state index contributed by atoms with van der Waals surface area (Å²) in [6.45, 7) is 0. The van der Waals surface area contributed by atoms with Gasteiger partial charge in [-0.2, -0.15) is 5.10 Å². The second kappa shape index (κ2) is 5.94. The number of carbonyl (C=O) groups excluding carboxylic acids is 1. The standard InChI is InChI=1S/C21H19N3O3/c1-23-18(6-8-22-23)14-10-15-3-4-16(11-14)24(15)21(26)13-2-5-17-19(25)7-9-27-20(17)12-13/h2,5-10,12,15-16H,3-4,11H2,1H3. The van der Waals surface area contributed by atoms with Crippen molar-refractivity contribution in [2.24, 2.45) is 7.05 Å². The Morgan fingerprint density at radius 1 is 1.22 bits per heavy atom. The maximum Gasteiger partial charge on any atom is 0.254 e. The van der Waals surface area contributed by atoms with Gasteiger partial charge in [-0.1, -0.05) is 6.08 Å². The van der Waals surface area contributed by atoms with E-state index in [9.17, 15) is 9.59 Å². The molecule has 0 radical (unpaired) electrons. The third-order valence-electron chi connectivity index (χ3n) is 5.69. The summed E-state index contributed by atoms with van der Waals surface area (Å²) in [6, 6.07) is 8.78. The van der Waals surface area contributed by atoms with Crippen molar-refractivity contribution in [3.05, 3.63) is 70.3 Å². The molecule has 1 fully saturated rings. The smallest absolute Gasteiger partial charge is 0.254 e. The fraction of sp³-hybridized carbons (Fsp3) is 0.286. The average molecular weight is 361 g/mol. The highest BCUT2D eigenvalue weighted by atomic mass is 16.3. The number of fused-ring (bicyclic) bond motifs is 3. The number of aromatic nitrogens is 2. The zero-order chi connectivity index (χ0) is 18.5. The molecular formula is C21H19N3O3. The Morgan fingerprint density at radius 2 is 2.11 bits per heavy atom. The summed E-state index contributed by atoms with van der Waals surface area (Å²) < 4.78 is 7.31. The molecule has 2 atom stereocenters. The maximum absolute atomic E-state index is 13.2. The SMILES string of the molecule is Cn1nccc1C1=CC2CCC(C1)N2C(=O)c1ccc2c(=O)ccoc2c1. The predicted molar refractivity (Wildman–Crippen MR) is 101 cm³/mol. The van der Waals surface area contributed by atoms with Crippen LogP contribution in [0.3, 0.4) is 0 Å². The van der Waals surface area contributed by atoms with Gasteiger partial charge in [-0.3, -0.25) is 14.3 Å². The lowest BCUT2D eigenvalue weighted by atomic mass is 9.97. The van der Waals surface area contributed by atoms with Crippen LogP contribution < -0.4 is 5.43 Å². The average Bonchev–Trinajstić information content (AvgIpc) is 3.21. The first-order chi connectivity index (χ1) is 13.1. The molecule has 2 aliphatic heterocycles. The molecule has 2 aromatic heterocycles. The molecule has 0 aliphatic carbocycles. The van der Waals surface area contributed by atoms with Gasteiger partial charge in [0, 0.05) is 30.9 Å². The molecule has 6 nitrogen and oxygen atoms in total. The van der Waals surface area contributed by atoms with E-state index in [0.717, 1.165) is 25.0 Å². The lowest BCUT2D eigenvalue weighted by Crippen LogP contribution is -2.43. The summed E-state index contributed by atoms with van der Waals surface area (Å²) in [5, 5.41) is 4.75. The van der Waals surface area contributed by atoms with Crippen LogP contribution >= 0.6 is 0 Å². The van der Waals surface area contributed by atoms with Crippen molar-refractivity contribution in [2.45, 2.75) is 31.3 Å². The normalized spacial score (nSPS) is 21.5. The Kier molecular flexibility index (Phi) is 3.53. The quantitative estimate of drug-likeness (QED) is 0.704. The highest BCUT2D eigenvalue weighted by Gasteiger charge is 2.40. The Balaban J connectivity index is 1.49. The molecule has 1 saturated heterocycles. The van der Waals surface area contributed by atoms with Crippen LogP contribution in [0.2, 0.25) is 0 Å². The Morgan fingerprint density at radius 3 is 2.89 bits per heavy atom. The molecule has 3 aromatic rings. The van der Waals surface area contributed by atoms with Crippen LogP contribution in [0.4, 0.5) is 0 Å². The van der Waals surface area contributed by atoms with E-state index in [2.05, 4.69) is 11.2 Å². The van der Waals surface area contributed by atoms with Crippen LogP contribution in [-0.2, 0) is 7.05 Å². The first kappa shape index (κ1) is 16.1. The van der Waals surface area contributed by atoms with Crippen LogP contribution in [0, 0.1) is 0 Å². The van der Waals surface area contributed by atoms with E-state index < -0.39 is 0 Å². The highest BCUT2D eigenvalue weighted by Crippen LogP contribution is 2.39. The number of amides is 1. The Labute approximate surface area is 155 Å². The van der Waals surface area contributed by atoms with Crippen LogP contribution in [0.5, 0.6) is 0 Å². The van der Waals surface area contributed by atoms with Crippen molar-refractivity contribution in [2.75, 3.05) is 0 Å². The van der Waals surface area contributed by atoms with Crippen molar-refractivity contribution >= 4 is 22.4 Å². The fourth-order valence-corrected chi connectivity index (χ4v) is 4.39.